The molecule has 6 nitrogen and oxygen atoms in total. The Morgan fingerprint density at radius 1 is 1.14 bits per heavy atom. The summed E-state index contributed by atoms with van der Waals surface area (Å²) in [5, 5.41) is 0. The van der Waals surface area contributed by atoms with Gasteiger partial charge in [-0.25, -0.2) is 9.59 Å². The van der Waals surface area contributed by atoms with E-state index >= 15 is 0 Å². The Kier molecular flexibility index (Phi) is 6.93. The minimum atomic E-state index is -0.896. The Bertz CT molecular complexity index is 200. The van der Waals surface area contributed by atoms with Gasteiger partial charge in [-0.3, -0.25) is 0 Å². The van der Waals surface area contributed by atoms with Gasteiger partial charge in [0.1, 0.15) is 13.2 Å². The highest BCUT2D eigenvalue weighted by Gasteiger charge is 2.04. The molecule has 0 bridgehead atoms. The van der Waals surface area contributed by atoms with E-state index in [1.165, 1.54) is 0 Å². The molecule has 0 radical (unpaired) electrons. The first-order valence-electron chi connectivity index (χ1n) is 3.94. The van der Waals surface area contributed by atoms with Crippen LogP contribution >= 0.6 is 0 Å². The largest absolute Gasteiger partial charge is 0.513 e. The maximum Gasteiger partial charge on any atom is 0.513 e. The van der Waals surface area contributed by atoms with Gasteiger partial charge in [-0.2, -0.15) is 0 Å². The Morgan fingerprint density at radius 3 is 2.21 bits per heavy atom. The van der Waals surface area contributed by atoms with Gasteiger partial charge in [0.15, 0.2) is 0 Å². The van der Waals surface area contributed by atoms with Crippen molar-refractivity contribution in [2.75, 3.05) is 19.8 Å². The van der Waals surface area contributed by atoms with Gasteiger partial charge >= 0.3 is 12.3 Å². The molecule has 0 atom stereocenters. The number of hydrogen-bond donors (Lipinski definition) is 0. The number of hydrogen-bond acceptors (Lipinski definition) is 6. The molecule has 0 saturated heterocycles. The summed E-state index contributed by atoms with van der Waals surface area (Å²) in [6.07, 6.45) is -0.755. The third-order valence-electron chi connectivity index (χ3n) is 0.965. The fourth-order valence-electron chi connectivity index (χ4n) is 0.512. The van der Waals surface area contributed by atoms with E-state index in [4.69, 9.17) is 0 Å². The number of carbonyl (C=O) groups is 2. The maximum absolute atomic E-state index is 10.6. The molecule has 0 aliphatic heterocycles. The molecule has 0 rings (SSSR count). The number of ether oxygens (including phenoxy) is 4. The lowest BCUT2D eigenvalue weighted by atomic mass is 10.8. The van der Waals surface area contributed by atoms with E-state index in [1.807, 2.05) is 0 Å². The minimum absolute atomic E-state index is 0.0783. The van der Waals surface area contributed by atoms with E-state index in [-0.39, 0.29) is 19.8 Å². The summed E-state index contributed by atoms with van der Waals surface area (Å²) in [4.78, 5) is 21.1. The summed E-state index contributed by atoms with van der Waals surface area (Å²) >= 11 is 0. The summed E-state index contributed by atoms with van der Waals surface area (Å²) in [6, 6.07) is 0. The third-order valence-corrected chi connectivity index (χ3v) is 0.965. The van der Waals surface area contributed by atoms with Crippen molar-refractivity contribution in [2.45, 2.75) is 6.92 Å². The monoisotopic (exact) mass is 204 g/mol. The molecule has 0 fully saturated rings. The summed E-state index contributed by atoms with van der Waals surface area (Å²) in [7, 11) is 0. The molecule has 0 aromatic rings. The zero-order valence-electron chi connectivity index (χ0n) is 7.86. The van der Waals surface area contributed by atoms with Gasteiger partial charge < -0.3 is 18.9 Å². The highest BCUT2D eigenvalue weighted by Crippen LogP contribution is 1.88. The molecule has 0 unspecified atom stereocenters. The van der Waals surface area contributed by atoms with Crippen molar-refractivity contribution in [3.05, 3.63) is 12.8 Å². The second-order valence-electron chi connectivity index (χ2n) is 1.91. The van der Waals surface area contributed by atoms with Crippen LogP contribution < -0.4 is 0 Å². The SMILES string of the molecule is C=COC(=O)OCCOC(=O)OCC. The van der Waals surface area contributed by atoms with Crippen LogP contribution in [-0.4, -0.2) is 32.1 Å². The van der Waals surface area contributed by atoms with Crippen molar-refractivity contribution >= 4 is 12.3 Å². The van der Waals surface area contributed by atoms with Gasteiger partial charge in [0.05, 0.1) is 12.9 Å². The molecular weight excluding hydrogens is 192 g/mol. The van der Waals surface area contributed by atoms with Crippen molar-refractivity contribution in [3.8, 4) is 0 Å². The Labute approximate surface area is 81.4 Å². The molecule has 0 aromatic heterocycles. The molecule has 0 heterocycles. The average molecular weight is 204 g/mol. The first-order chi connectivity index (χ1) is 6.70. The lowest BCUT2D eigenvalue weighted by Gasteiger charge is -2.04. The van der Waals surface area contributed by atoms with Crippen molar-refractivity contribution < 1.29 is 28.5 Å². The van der Waals surface area contributed by atoms with Crippen LogP contribution in [0, 0.1) is 0 Å². The number of rotatable bonds is 5. The molecule has 6 heteroatoms. The zero-order chi connectivity index (χ0) is 10.8. The molecule has 0 aromatic carbocycles. The van der Waals surface area contributed by atoms with E-state index in [2.05, 4.69) is 25.5 Å². The standard InChI is InChI=1S/C8H12O6/c1-3-11-7(9)13-5-6-14-8(10)12-4-2/h3H,1,4-6H2,2H3. The van der Waals surface area contributed by atoms with Crippen molar-refractivity contribution in [1.29, 1.82) is 0 Å². The fourth-order valence-corrected chi connectivity index (χ4v) is 0.512. The summed E-state index contributed by atoms with van der Waals surface area (Å²) in [5.41, 5.74) is 0. The van der Waals surface area contributed by atoms with E-state index in [0.717, 1.165) is 6.26 Å². The molecular formula is C8H12O6. The first-order valence-corrected chi connectivity index (χ1v) is 3.94. The molecule has 14 heavy (non-hydrogen) atoms. The average Bonchev–Trinajstić information content (AvgIpc) is 2.13. The molecule has 80 valence electrons. The van der Waals surface area contributed by atoms with E-state index < -0.39 is 12.3 Å². The van der Waals surface area contributed by atoms with Gasteiger partial charge in [-0.15, -0.1) is 0 Å². The van der Waals surface area contributed by atoms with E-state index in [1.54, 1.807) is 6.92 Å². The Morgan fingerprint density at radius 2 is 1.71 bits per heavy atom. The summed E-state index contributed by atoms with van der Waals surface area (Å²) in [6.45, 7) is 4.87. The molecule has 0 aliphatic carbocycles. The predicted octanol–water partition coefficient (Wildman–Crippen LogP) is 1.46. The molecule has 0 aliphatic rings. The molecule has 0 N–H and O–H groups in total. The second-order valence-corrected chi connectivity index (χ2v) is 1.91. The summed E-state index contributed by atoms with van der Waals surface area (Å²) < 4.78 is 17.6. The van der Waals surface area contributed by atoms with Gasteiger partial charge in [0, 0.05) is 0 Å². The summed E-state index contributed by atoms with van der Waals surface area (Å²) in [5.74, 6) is 0. The quantitative estimate of drug-likeness (QED) is 0.383. The van der Waals surface area contributed by atoms with Crippen LogP contribution in [0.15, 0.2) is 12.8 Å². The van der Waals surface area contributed by atoms with Crippen molar-refractivity contribution in [3.63, 3.8) is 0 Å². The number of carbonyl (C=O) groups excluding carboxylic acids is 2. The minimum Gasteiger partial charge on any atom is -0.435 e. The van der Waals surface area contributed by atoms with Gasteiger partial charge in [0.2, 0.25) is 0 Å². The van der Waals surface area contributed by atoms with Gasteiger partial charge in [-0.1, -0.05) is 6.58 Å². The highest BCUT2D eigenvalue weighted by atomic mass is 16.7. The van der Waals surface area contributed by atoms with Crippen LogP contribution in [0.3, 0.4) is 0 Å². The van der Waals surface area contributed by atoms with Crippen LogP contribution in [0.2, 0.25) is 0 Å². The fraction of sp³-hybridized carbons (Fsp3) is 0.500. The van der Waals surface area contributed by atoms with E-state index in [9.17, 15) is 9.59 Å². The molecule has 0 amide bonds. The lowest BCUT2D eigenvalue weighted by Crippen LogP contribution is -2.14. The molecule has 0 spiro atoms. The maximum atomic E-state index is 10.6. The van der Waals surface area contributed by atoms with Gasteiger partial charge in [-0.05, 0) is 6.92 Å². The highest BCUT2D eigenvalue weighted by molar-refractivity contribution is 5.61. The van der Waals surface area contributed by atoms with Crippen LogP contribution in [-0.2, 0) is 18.9 Å². The zero-order valence-corrected chi connectivity index (χ0v) is 7.86. The van der Waals surface area contributed by atoms with Crippen LogP contribution in [0.4, 0.5) is 9.59 Å². The second kappa shape index (κ2) is 7.90. The van der Waals surface area contributed by atoms with E-state index in [0.29, 0.717) is 0 Å². The predicted molar refractivity (Wildman–Crippen MR) is 45.6 cm³/mol. The van der Waals surface area contributed by atoms with Gasteiger partial charge in [0.25, 0.3) is 0 Å². The first kappa shape index (κ1) is 12.3. The normalized spacial score (nSPS) is 8.64. The topological polar surface area (TPSA) is 71.1 Å². The van der Waals surface area contributed by atoms with Crippen molar-refractivity contribution in [1.82, 2.24) is 0 Å². The Hall–Kier alpha value is -1.72. The lowest BCUT2D eigenvalue weighted by molar-refractivity contribution is 0.0298. The van der Waals surface area contributed by atoms with Crippen molar-refractivity contribution in [2.24, 2.45) is 0 Å². The smallest absolute Gasteiger partial charge is 0.435 e. The third kappa shape index (κ3) is 6.96. The van der Waals surface area contributed by atoms with Crippen LogP contribution in [0.25, 0.3) is 0 Å². The Balaban J connectivity index is 3.32. The van der Waals surface area contributed by atoms with Crippen LogP contribution in [0.5, 0.6) is 0 Å². The van der Waals surface area contributed by atoms with Crippen LogP contribution in [0.1, 0.15) is 6.92 Å². The molecule has 0 saturated carbocycles.